The van der Waals surface area contributed by atoms with Crippen molar-refractivity contribution in [2.75, 3.05) is 0 Å². The smallest absolute Gasteiger partial charge is 0.327 e. The highest BCUT2D eigenvalue weighted by Crippen LogP contribution is 2.34. The lowest BCUT2D eigenvalue weighted by Crippen LogP contribution is -2.34. The van der Waals surface area contributed by atoms with Crippen molar-refractivity contribution in [2.24, 2.45) is 11.1 Å². The van der Waals surface area contributed by atoms with Crippen LogP contribution in [-0.4, -0.2) is 18.0 Å². The normalized spacial score (nSPS) is 15.1. The Kier molecular flexibility index (Phi) is 4.77. The van der Waals surface area contributed by atoms with Crippen LogP contribution in [-0.2, 0) is 4.79 Å². The number of halogens is 3. The fraction of sp³-hybridized carbons (Fsp3) is 0.900. The van der Waals surface area contributed by atoms with Crippen LogP contribution >= 0.6 is 0 Å². The Hall–Kier alpha value is -0.580. The Morgan fingerprint density at radius 3 is 2.13 bits per heavy atom. The third kappa shape index (κ3) is 5.77. The summed E-state index contributed by atoms with van der Waals surface area (Å²) in [6, 6.07) is -0.343. The van der Waals surface area contributed by atoms with Crippen molar-refractivity contribution in [3.8, 4) is 0 Å². The first-order valence-electron chi connectivity index (χ1n) is 4.94. The van der Waals surface area contributed by atoms with Gasteiger partial charge in [-0.1, -0.05) is 20.8 Å². The van der Waals surface area contributed by atoms with Gasteiger partial charge in [0.15, 0.2) is 0 Å². The lowest BCUT2D eigenvalue weighted by atomic mass is 9.81. The molecule has 90 valence electrons. The molecule has 0 aromatic carbocycles. The average Bonchev–Trinajstić information content (AvgIpc) is 1.99. The Balaban J connectivity index is 4.39. The molecular formula is C10H18F3NO. The first kappa shape index (κ1) is 14.4. The van der Waals surface area contributed by atoms with Gasteiger partial charge in [0.1, 0.15) is 5.78 Å². The van der Waals surface area contributed by atoms with Gasteiger partial charge in [-0.3, -0.25) is 4.79 Å². The summed E-state index contributed by atoms with van der Waals surface area (Å²) in [5.41, 5.74) is 4.16. The van der Waals surface area contributed by atoms with Gasteiger partial charge in [-0.25, -0.2) is 0 Å². The predicted octanol–water partition coefficient (Wildman–Crippen LogP) is 2.66. The predicted molar refractivity (Wildman–Crippen MR) is 52.3 cm³/mol. The van der Waals surface area contributed by atoms with E-state index in [0.29, 0.717) is 6.42 Å². The number of alkyl halides is 3. The van der Waals surface area contributed by atoms with E-state index in [1.54, 1.807) is 6.92 Å². The minimum absolute atomic E-state index is 0.0135. The summed E-state index contributed by atoms with van der Waals surface area (Å²) in [6.07, 6.45) is -4.79. The number of carbonyl (C=O) groups excluding carboxylic acids is 1. The molecule has 5 heteroatoms. The number of nitrogens with two attached hydrogens (primary N) is 1. The molecule has 0 aliphatic carbocycles. The van der Waals surface area contributed by atoms with E-state index in [1.165, 1.54) is 13.8 Å². The van der Waals surface area contributed by atoms with Gasteiger partial charge >= 0.3 is 6.18 Å². The van der Waals surface area contributed by atoms with E-state index >= 15 is 0 Å². The van der Waals surface area contributed by atoms with Crippen LogP contribution in [0.4, 0.5) is 13.2 Å². The standard InChI is InChI=1S/C10H18F3NO/c1-4-7(14)5-8(15)9(2,3)6-10(11,12)13/h7H,4-6,14H2,1-3H3. The van der Waals surface area contributed by atoms with Crippen LogP contribution in [0, 0.1) is 5.41 Å². The molecule has 0 saturated carbocycles. The lowest BCUT2D eigenvalue weighted by Gasteiger charge is -2.25. The Morgan fingerprint density at radius 1 is 1.33 bits per heavy atom. The van der Waals surface area contributed by atoms with E-state index in [1.807, 2.05) is 0 Å². The third-order valence-electron chi connectivity index (χ3n) is 2.37. The molecule has 0 bridgehead atoms. The summed E-state index contributed by atoms with van der Waals surface area (Å²) in [7, 11) is 0. The topological polar surface area (TPSA) is 43.1 Å². The molecule has 0 aliphatic heterocycles. The highest BCUT2D eigenvalue weighted by molar-refractivity contribution is 5.84. The van der Waals surface area contributed by atoms with Crippen LogP contribution < -0.4 is 5.73 Å². The summed E-state index contributed by atoms with van der Waals surface area (Å²) in [5.74, 6) is -0.422. The molecule has 1 atom stereocenters. The van der Waals surface area contributed by atoms with Gasteiger partial charge in [-0.15, -0.1) is 0 Å². The van der Waals surface area contributed by atoms with Crippen LogP contribution in [0.1, 0.15) is 40.0 Å². The van der Waals surface area contributed by atoms with Gasteiger partial charge in [0.25, 0.3) is 0 Å². The maximum absolute atomic E-state index is 12.1. The van der Waals surface area contributed by atoms with Crippen molar-refractivity contribution >= 4 is 5.78 Å². The summed E-state index contributed by atoms with van der Waals surface area (Å²) >= 11 is 0. The third-order valence-corrected chi connectivity index (χ3v) is 2.37. The first-order valence-corrected chi connectivity index (χ1v) is 4.94. The maximum atomic E-state index is 12.1. The second-order valence-electron chi connectivity index (χ2n) is 4.47. The largest absolute Gasteiger partial charge is 0.390 e. The molecule has 0 spiro atoms. The monoisotopic (exact) mass is 225 g/mol. The average molecular weight is 225 g/mol. The van der Waals surface area contributed by atoms with Gasteiger partial charge in [0, 0.05) is 17.9 Å². The van der Waals surface area contributed by atoms with E-state index in [4.69, 9.17) is 5.73 Å². The minimum Gasteiger partial charge on any atom is -0.327 e. The Morgan fingerprint density at radius 2 is 1.80 bits per heavy atom. The van der Waals surface area contributed by atoms with Gasteiger partial charge in [0.2, 0.25) is 0 Å². The number of hydrogen-bond acceptors (Lipinski definition) is 2. The number of carbonyl (C=O) groups is 1. The summed E-state index contributed by atoms with van der Waals surface area (Å²) in [4.78, 5) is 11.5. The molecule has 0 heterocycles. The number of hydrogen-bond donors (Lipinski definition) is 1. The van der Waals surface area contributed by atoms with E-state index in [2.05, 4.69) is 0 Å². The zero-order valence-electron chi connectivity index (χ0n) is 9.32. The highest BCUT2D eigenvalue weighted by atomic mass is 19.4. The van der Waals surface area contributed by atoms with E-state index in [9.17, 15) is 18.0 Å². The van der Waals surface area contributed by atoms with Crippen LogP contribution in [0.2, 0.25) is 0 Å². The highest BCUT2D eigenvalue weighted by Gasteiger charge is 2.40. The number of rotatable bonds is 5. The second-order valence-corrected chi connectivity index (χ2v) is 4.47. The maximum Gasteiger partial charge on any atom is 0.390 e. The van der Waals surface area contributed by atoms with Crippen molar-refractivity contribution in [1.29, 1.82) is 0 Å². The molecular weight excluding hydrogens is 207 g/mol. The molecule has 2 nitrogen and oxygen atoms in total. The quantitative estimate of drug-likeness (QED) is 0.781. The fourth-order valence-electron chi connectivity index (χ4n) is 1.26. The summed E-state index contributed by atoms with van der Waals surface area (Å²) in [6.45, 7) is 4.42. The lowest BCUT2D eigenvalue weighted by molar-refractivity contribution is -0.163. The molecule has 0 radical (unpaired) electrons. The molecule has 1 unspecified atom stereocenters. The van der Waals surface area contributed by atoms with Crippen molar-refractivity contribution < 1.29 is 18.0 Å². The van der Waals surface area contributed by atoms with Gasteiger partial charge in [-0.05, 0) is 6.42 Å². The Labute approximate surface area is 88.0 Å². The molecule has 0 aliphatic rings. The molecule has 0 rings (SSSR count). The van der Waals surface area contributed by atoms with Crippen LogP contribution in [0.15, 0.2) is 0 Å². The molecule has 0 saturated heterocycles. The van der Waals surface area contributed by atoms with Crippen molar-refractivity contribution in [3.63, 3.8) is 0 Å². The summed E-state index contributed by atoms with van der Waals surface area (Å²) in [5, 5.41) is 0. The minimum atomic E-state index is -4.31. The fourth-order valence-corrected chi connectivity index (χ4v) is 1.26. The molecule has 15 heavy (non-hydrogen) atoms. The van der Waals surface area contributed by atoms with E-state index < -0.39 is 23.8 Å². The van der Waals surface area contributed by atoms with Crippen molar-refractivity contribution in [2.45, 2.75) is 52.3 Å². The molecule has 2 N–H and O–H groups in total. The van der Waals surface area contributed by atoms with E-state index in [-0.39, 0.29) is 12.5 Å². The van der Waals surface area contributed by atoms with Gasteiger partial charge in [-0.2, -0.15) is 13.2 Å². The zero-order valence-corrected chi connectivity index (χ0v) is 9.32. The van der Waals surface area contributed by atoms with Crippen LogP contribution in [0.3, 0.4) is 0 Å². The molecule has 0 aromatic heterocycles. The molecule has 0 aromatic rings. The zero-order chi connectivity index (χ0) is 12.3. The SMILES string of the molecule is CCC(N)CC(=O)C(C)(C)CC(F)(F)F. The number of Topliss-reactive ketones (excluding diaryl/α,β-unsaturated/α-hetero) is 1. The van der Waals surface area contributed by atoms with Crippen molar-refractivity contribution in [3.05, 3.63) is 0 Å². The Bertz CT molecular complexity index is 223. The van der Waals surface area contributed by atoms with Crippen LogP contribution in [0.25, 0.3) is 0 Å². The second kappa shape index (κ2) is 4.96. The van der Waals surface area contributed by atoms with Crippen molar-refractivity contribution in [1.82, 2.24) is 0 Å². The molecule has 0 fully saturated rings. The number of ketones is 1. The molecule has 0 amide bonds. The van der Waals surface area contributed by atoms with Gasteiger partial charge in [0.05, 0.1) is 6.42 Å². The summed E-state index contributed by atoms with van der Waals surface area (Å²) < 4.78 is 36.4. The first-order chi connectivity index (χ1) is 6.58. The van der Waals surface area contributed by atoms with Gasteiger partial charge < -0.3 is 5.73 Å². The van der Waals surface area contributed by atoms with E-state index in [0.717, 1.165) is 0 Å². The van der Waals surface area contributed by atoms with Crippen LogP contribution in [0.5, 0.6) is 0 Å².